The molecule has 0 unspecified atom stereocenters. The van der Waals surface area contributed by atoms with Gasteiger partial charge in [0.05, 0.1) is 22.9 Å². The zero-order valence-corrected chi connectivity index (χ0v) is 10.9. The second-order valence-electron chi connectivity index (χ2n) is 4.26. The highest BCUT2D eigenvalue weighted by atomic mass is 19.4. The van der Waals surface area contributed by atoms with Crippen molar-refractivity contribution in [2.45, 2.75) is 26.1 Å². The summed E-state index contributed by atoms with van der Waals surface area (Å²) in [4.78, 5) is 11.3. The molecule has 0 saturated carbocycles. The minimum absolute atomic E-state index is 0.154. The first-order chi connectivity index (χ1) is 9.24. The number of carbonyl (C=O) groups excluding carboxylic acids is 1. The number of alkyl halides is 3. The molecule has 1 rings (SSSR count). The number of halogens is 3. The third-order valence-electron chi connectivity index (χ3n) is 2.26. The van der Waals surface area contributed by atoms with Crippen LogP contribution in [0, 0.1) is 11.3 Å². The van der Waals surface area contributed by atoms with E-state index >= 15 is 0 Å². The van der Waals surface area contributed by atoms with E-state index in [0.29, 0.717) is 0 Å². The second kappa shape index (κ2) is 6.28. The first kappa shape index (κ1) is 15.8. The van der Waals surface area contributed by atoms with Crippen LogP contribution in [-0.4, -0.2) is 18.6 Å². The van der Waals surface area contributed by atoms with Gasteiger partial charge in [0.15, 0.2) is 0 Å². The largest absolute Gasteiger partial charge is 0.462 e. The van der Waals surface area contributed by atoms with Gasteiger partial charge in [-0.3, -0.25) is 4.79 Å². The van der Waals surface area contributed by atoms with E-state index in [2.05, 4.69) is 5.32 Å². The molecule has 1 N–H and O–H groups in total. The summed E-state index contributed by atoms with van der Waals surface area (Å²) in [6.07, 6.45) is -4.80. The highest BCUT2D eigenvalue weighted by Gasteiger charge is 2.31. The van der Waals surface area contributed by atoms with Crippen molar-refractivity contribution in [2.24, 2.45) is 0 Å². The van der Waals surface area contributed by atoms with Crippen molar-refractivity contribution in [1.29, 1.82) is 5.26 Å². The van der Waals surface area contributed by atoms with Crippen LogP contribution in [0.5, 0.6) is 0 Å². The molecule has 0 bridgehead atoms. The molecule has 0 spiro atoms. The van der Waals surface area contributed by atoms with Gasteiger partial charge in [-0.1, -0.05) is 0 Å². The number of nitrogens with one attached hydrogen (secondary N) is 1. The van der Waals surface area contributed by atoms with Crippen molar-refractivity contribution in [2.75, 3.05) is 11.9 Å². The minimum atomic E-state index is -4.51. The Morgan fingerprint density at radius 2 is 2.10 bits per heavy atom. The Morgan fingerprint density at radius 3 is 2.60 bits per heavy atom. The average Bonchev–Trinajstić information content (AvgIpc) is 2.34. The zero-order chi connectivity index (χ0) is 15.3. The lowest BCUT2D eigenvalue weighted by molar-refractivity contribution is -0.145. The van der Waals surface area contributed by atoms with Crippen LogP contribution in [-0.2, 0) is 15.7 Å². The van der Waals surface area contributed by atoms with Gasteiger partial charge in [0.25, 0.3) is 0 Å². The molecule has 0 aliphatic heterocycles. The average molecular weight is 286 g/mol. The van der Waals surface area contributed by atoms with Gasteiger partial charge in [-0.25, -0.2) is 0 Å². The maximum Gasteiger partial charge on any atom is 0.416 e. The molecule has 4 nitrogen and oxygen atoms in total. The van der Waals surface area contributed by atoms with Crippen molar-refractivity contribution < 1.29 is 22.7 Å². The molecule has 20 heavy (non-hydrogen) atoms. The number of nitriles is 1. The molecule has 0 heterocycles. The van der Waals surface area contributed by atoms with Gasteiger partial charge in [0.1, 0.15) is 12.6 Å². The monoisotopic (exact) mass is 286 g/mol. The molecule has 0 radical (unpaired) electrons. The molecular weight excluding hydrogens is 273 g/mol. The topological polar surface area (TPSA) is 62.1 Å². The predicted octanol–water partition coefficient (Wildman–Crippen LogP) is 2.94. The number of hydrogen-bond acceptors (Lipinski definition) is 4. The molecule has 108 valence electrons. The van der Waals surface area contributed by atoms with Gasteiger partial charge in [-0.15, -0.1) is 0 Å². The lowest BCUT2D eigenvalue weighted by Gasteiger charge is -2.12. The third-order valence-corrected chi connectivity index (χ3v) is 2.26. The molecule has 1 aromatic carbocycles. The van der Waals surface area contributed by atoms with Gasteiger partial charge in [-0.2, -0.15) is 18.4 Å². The number of hydrogen-bond donors (Lipinski definition) is 1. The zero-order valence-electron chi connectivity index (χ0n) is 10.9. The second-order valence-corrected chi connectivity index (χ2v) is 4.26. The van der Waals surface area contributed by atoms with Gasteiger partial charge in [0, 0.05) is 0 Å². The van der Waals surface area contributed by atoms with E-state index in [4.69, 9.17) is 10.00 Å². The Labute approximate surface area is 114 Å². The molecule has 7 heteroatoms. The van der Waals surface area contributed by atoms with Crippen LogP contribution in [0.4, 0.5) is 18.9 Å². The highest BCUT2D eigenvalue weighted by Crippen LogP contribution is 2.31. The quantitative estimate of drug-likeness (QED) is 0.864. The third kappa shape index (κ3) is 4.46. The van der Waals surface area contributed by atoms with Crippen molar-refractivity contribution >= 4 is 11.7 Å². The summed E-state index contributed by atoms with van der Waals surface area (Å²) in [5.74, 6) is -0.552. The van der Waals surface area contributed by atoms with E-state index in [1.807, 2.05) is 0 Å². The van der Waals surface area contributed by atoms with Crippen molar-refractivity contribution in [1.82, 2.24) is 0 Å². The molecule has 0 amide bonds. The fraction of sp³-hybridized carbons (Fsp3) is 0.385. The van der Waals surface area contributed by atoms with Crippen LogP contribution in [0.25, 0.3) is 0 Å². The number of esters is 1. The summed E-state index contributed by atoms with van der Waals surface area (Å²) >= 11 is 0. The molecule has 1 aromatic rings. The van der Waals surface area contributed by atoms with Gasteiger partial charge in [0.2, 0.25) is 0 Å². The van der Waals surface area contributed by atoms with Gasteiger partial charge >= 0.3 is 12.1 Å². The fourth-order valence-electron chi connectivity index (χ4n) is 1.44. The van der Waals surface area contributed by atoms with Crippen LogP contribution < -0.4 is 5.32 Å². The molecule has 0 fully saturated rings. The Morgan fingerprint density at radius 1 is 1.45 bits per heavy atom. The van der Waals surface area contributed by atoms with Crippen LogP contribution in [0.1, 0.15) is 25.0 Å². The minimum Gasteiger partial charge on any atom is -0.462 e. The Balaban J connectivity index is 2.82. The van der Waals surface area contributed by atoms with Crippen LogP contribution in [0.3, 0.4) is 0 Å². The van der Waals surface area contributed by atoms with E-state index < -0.39 is 17.7 Å². The first-order valence-electron chi connectivity index (χ1n) is 5.78. The maximum atomic E-state index is 12.5. The lowest BCUT2D eigenvalue weighted by atomic mass is 10.1. The van der Waals surface area contributed by atoms with Gasteiger partial charge < -0.3 is 10.1 Å². The number of anilines is 1. The van der Waals surface area contributed by atoms with E-state index in [1.165, 1.54) is 0 Å². The standard InChI is InChI=1S/C13H13F3N2O2/c1-8(2)20-12(19)7-18-11-4-3-10(13(14,15)16)5-9(11)6-17/h3-5,8,18H,7H2,1-2H3. The summed E-state index contributed by atoms with van der Waals surface area (Å²) in [5.41, 5.74) is -0.942. The number of nitrogens with zero attached hydrogens (tertiary/aromatic N) is 1. The molecule has 0 aliphatic carbocycles. The first-order valence-corrected chi connectivity index (χ1v) is 5.78. The van der Waals surface area contributed by atoms with Crippen molar-refractivity contribution in [3.63, 3.8) is 0 Å². The summed E-state index contributed by atoms with van der Waals surface area (Å²) in [7, 11) is 0. The van der Waals surface area contributed by atoms with Crippen molar-refractivity contribution in [3.05, 3.63) is 29.3 Å². The Kier molecular flexibility index (Phi) is 4.97. The normalized spacial score (nSPS) is 11.1. The predicted molar refractivity (Wildman–Crippen MR) is 65.9 cm³/mol. The molecule has 0 atom stereocenters. The SMILES string of the molecule is CC(C)OC(=O)CNc1ccc(C(F)(F)F)cc1C#N. The number of carbonyl (C=O) groups is 1. The van der Waals surface area contributed by atoms with Crippen LogP contribution >= 0.6 is 0 Å². The van der Waals surface area contributed by atoms with E-state index in [-0.39, 0.29) is 23.9 Å². The summed E-state index contributed by atoms with van der Waals surface area (Å²) < 4.78 is 42.3. The molecule has 0 aliphatic rings. The number of rotatable bonds is 4. The van der Waals surface area contributed by atoms with E-state index in [1.54, 1.807) is 19.9 Å². The number of ether oxygens (including phenoxy) is 1. The smallest absolute Gasteiger partial charge is 0.416 e. The van der Waals surface area contributed by atoms with E-state index in [9.17, 15) is 18.0 Å². The summed E-state index contributed by atoms with van der Waals surface area (Å²) in [6.45, 7) is 3.13. The molecule has 0 aromatic heterocycles. The van der Waals surface area contributed by atoms with Gasteiger partial charge in [-0.05, 0) is 32.0 Å². The van der Waals surface area contributed by atoms with Crippen LogP contribution in [0.2, 0.25) is 0 Å². The molecular formula is C13H13F3N2O2. The highest BCUT2D eigenvalue weighted by molar-refractivity contribution is 5.76. The van der Waals surface area contributed by atoms with E-state index in [0.717, 1.165) is 18.2 Å². The van der Waals surface area contributed by atoms with Crippen molar-refractivity contribution in [3.8, 4) is 6.07 Å². The van der Waals surface area contributed by atoms with Crippen LogP contribution in [0.15, 0.2) is 18.2 Å². The fourth-order valence-corrected chi connectivity index (χ4v) is 1.44. The lowest BCUT2D eigenvalue weighted by Crippen LogP contribution is -2.20. The molecule has 0 saturated heterocycles. The number of benzene rings is 1. The maximum absolute atomic E-state index is 12.5. The Bertz CT molecular complexity index is 533. The summed E-state index contributed by atoms with van der Waals surface area (Å²) in [5, 5.41) is 11.4. The summed E-state index contributed by atoms with van der Waals surface area (Å²) in [6, 6.07) is 4.35. The Hall–Kier alpha value is -2.23.